The second-order valence-corrected chi connectivity index (χ2v) is 7.53. The molecule has 0 unspecified atom stereocenters. The van der Waals surface area contributed by atoms with E-state index in [1.165, 1.54) is 39.9 Å². The minimum atomic E-state index is -0.928. The second kappa shape index (κ2) is 12.1. The third-order valence-corrected chi connectivity index (χ3v) is 5.43. The molecule has 0 spiro atoms. The van der Waals surface area contributed by atoms with Gasteiger partial charge in [0.15, 0.2) is 11.5 Å². The van der Waals surface area contributed by atoms with Crippen molar-refractivity contribution in [3.8, 4) is 0 Å². The third kappa shape index (κ3) is 7.00. The van der Waals surface area contributed by atoms with E-state index < -0.39 is 23.9 Å². The summed E-state index contributed by atoms with van der Waals surface area (Å²) in [7, 11) is 1.37. The lowest BCUT2D eigenvalue weighted by Crippen LogP contribution is -2.42. The van der Waals surface area contributed by atoms with Crippen LogP contribution in [0, 0.1) is 11.8 Å². The van der Waals surface area contributed by atoms with E-state index in [1.807, 2.05) is 6.92 Å². The van der Waals surface area contributed by atoms with E-state index in [0.29, 0.717) is 5.92 Å². The molecule has 1 saturated carbocycles. The Bertz CT molecular complexity index is 706. The lowest BCUT2D eigenvalue weighted by Gasteiger charge is -2.26. The van der Waals surface area contributed by atoms with E-state index in [9.17, 15) is 14.4 Å². The molecule has 0 aromatic carbocycles. The average Bonchev–Trinajstić information content (AvgIpc) is 3.22. The van der Waals surface area contributed by atoms with Crippen LogP contribution in [0.15, 0.2) is 28.3 Å². The Morgan fingerprint density at radius 1 is 1.17 bits per heavy atom. The molecular formula is C22H34N2O6. The first-order valence-electron chi connectivity index (χ1n) is 10.3. The molecule has 8 nitrogen and oxygen atoms in total. The fourth-order valence-electron chi connectivity index (χ4n) is 3.53. The van der Waals surface area contributed by atoms with Gasteiger partial charge in [-0.3, -0.25) is 14.6 Å². The summed E-state index contributed by atoms with van der Waals surface area (Å²) in [5.41, 5.74) is -0.271. The normalized spacial score (nSPS) is 18.5. The summed E-state index contributed by atoms with van der Waals surface area (Å²) in [6.07, 6.45) is 5.99. The number of esters is 2. The molecule has 30 heavy (non-hydrogen) atoms. The molecule has 1 amide bonds. The summed E-state index contributed by atoms with van der Waals surface area (Å²) in [6.45, 7) is 11.7. The van der Waals surface area contributed by atoms with E-state index in [4.69, 9.17) is 14.2 Å². The van der Waals surface area contributed by atoms with Gasteiger partial charge in [0, 0.05) is 6.92 Å². The number of nitrogens with zero attached hydrogens (tertiary/aromatic N) is 1. The summed E-state index contributed by atoms with van der Waals surface area (Å²) in [6, 6.07) is -0.928. The van der Waals surface area contributed by atoms with Crippen LogP contribution in [0.4, 0.5) is 0 Å². The van der Waals surface area contributed by atoms with Crippen LogP contribution in [0.2, 0.25) is 0 Å². The highest BCUT2D eigenvalue weighted by Gasteiger charge is 2.30. The second-order valence-electron chi connectivity index (χ2n) is 7.53. The van der Waals surface area contributed by atoms with Crippen molar-refractivity contribution in [1.82, 2.24) is 5.32 Å². The van der Waals surface area contributed by atoms with Crippen LogP contribution >= 0.6 is 0 Å². The fraction of sp³-hybridized carbons (Fsp3) is 0.636. The molecule has 1 aliphatic carbocycles. The maximum atomic E-state index is 12.7. The van der Waals surface area contributed by atoms with E-state index in [2.05, 4.69) is 24.0 Å². The minimum Gasteiger partial charge on any atom is -0.493 e. The number of hydrogen-bond donors (Lipinski definition) is 1. The summed E-state index contributed by atoms with van der Waals surface area (Å²) in [5.74, 6) is -1.18. The van der Waals surface area contributed by atoms with Crippen molar-refractivity contribution in [3.05, 3.63) is 23.3 Å². The van der Waals surface area contributed by atoms with E-state index in [1.54, 1.807) is 6.92 Å². The molecule has 1 N–H and O–H groups in total. The van der Waals surface area contributed by atoms with E-state index in [-0.39, 0.29) is 29.2 Å². The van der Waals surface area contributed by atoms with Gasteiger partial charge in [-0.15, -0.1) is 0 Å². The van der Waals surface area contributed by atoms with Crippen molar-refractivity contribution in [2.75, 3.05) is 7.11 Å². The summed E-state index contributed by atoms with van der Waals surface area (Å²) in [4.78, 5) is 40.3. The number of amides is 1. The molecule has 1 aliphatic rings. The van der Waals surface area contributed by atoms with Crippen molar-refractivity contribution in [2.24, 2.45) is 16.8 Å². The maximum Gasteiger partial charge on any atom is 0.328 e. The summed E-state index contributed by atoms with van der Waals surface area (Å²) in [5, 5.41) is 2.52. The van der Waals surface area contributed by atoms with Gasteiger partial charge in [-0.1, -0.05) is 32.6 Å². The first-order chi connectivity index (χ1) is 14.2. The highest BCUT2D eigenvalue weighted by Crippen LogP contribution is 2.33. The van der Waals surface area contributed by atoms with Crippen LogP contribution in [-0.4, -0.2) is 43.8 Å². The number of aliphatic imine (C=N–C) groups is 1. The molecular weight excluding hydrogens is 388 g/mol. The van der Waals surface area contributed by atoms with Gasteiger partial charge >= 0.3 is 11.9 Å². The molecule has 0 heterocycles. The van der Waals surface area contributed by atoms with Crippen LogP contribution in [0.3, 0.4) is 0 Å². The molecule has 0 aromatic heterocycles. The number of ether oxygens (including phenoxy) is 3. The van der Waals surface area contributed by atoms with Crippen molar-refractivity contribution < 1.29 is 28.6 Å². The Hall–Kier alpha value is -2.64. The number of carbonyl (C=O) groups excluding carboxylic acids is 3. The zero-order chi connectivity index (χ0) is 22.8. The SMILES string of the molecule is C=N/C(C(=O)N[C@@H](C)C(=O)O[C@@H](C)[C@@H](C)C1CCCC1)=C(OC(C)=O)\C(=C/C)OC. The van der Waals surface area contributed by atoms with Gasteiger partial charge in [0.05, 0.1) is 7.11 Å². The van der Waals surface area contributed by atoms with Gasteiger partial charge < -0.3 is 19.5 Å². The maximum absolute atomic E-state index is 12.7. The first-order valence-corrected chi connectivity index (χ1v) is 10.3. The van der Waals surface area contributed by atoms with Crippen LogP contribution in [0.1, 0.15) is 60.3 Å². The monoisotopic (exact) mass is 422 g/mol. The zero-order valence-corrected chi connectivity index (χ0v) is 18.8. The molecule has 1 rings (SSSR count). The Morgan fingerprint density at radius 3 is 2.23 bits per heavy atom. The lowest BCUT2D eigenvalue weighted by molar-refractivity contribution is -0.154. The van der Waals surface area contributed by atoms with Crippen LogP contribution in [0.5, 0.6) is 0 Å². The standard InChI is InChI=1S/C22H34N2O6/c1-8-18(28-7)20(30-16(5)25)19(23-6)21(26)24-14(3)22(27)29-15(4)13(2)17-11-9-10-12-17/h8,13-15,17H,6,9-12H2,1-5,7H3,(H,24,26)/b18-8+,20-19+/t13-,14+,15+/m1/s1. The number of hydrogen-bond acceptors (Lipinski definition) is 7. The van der Waals surface area contributed by atoms with E-state index >= 15 is 0 Å². The zero-order valence-electron chi connectivity index (χ0n) is 18.8. The molecule has 1 fully saturated rings. The van der Waals surface area contributed by atoms with Crippen molar-refractivity contribution in [3.63, 3.8) is 0 Å². The average molecular weight is 423 g/mol. The smallest absolute Gasteiger partial charge is 0.328 e. The van der Waals surface area contributed by atoms with Gasteiger partial charge in [0.2, 0.25) is 5.76 Å². The molecule has 168 valence electrons. The predicted octanol–water partition coefficient (Wildman–Crippen LogP) is 3.27. The number of methoxy groups -OCH3 is 1. The Labute approximate surface area is 178 Å². The number of carbonyl (C=O) groups is 3. The van der Waals surface area contributed by atoms with Gasteiger partial charge in [-0.05, 0) is 45.4 Å². The summed E-state index contributed by atoms with van der Waals surface area (Å²) < 4.78 is 15.8. The first kappa shape index (κ1) is 25.4. The Kier molecular flexibility index (Phi) is 10.3. The Morgan fingerprint density at radius 2 is 1.77 bits per heavy atom. The van der Waals surface area contributed by atoms with Gasteiger partial charge in [-0.25, -0.2) is 4.79 Å². The van der Waals surface area contributed by atoms with E-state index in [0.717, 1.165) is 12.8 Å². The topological polar surface area (TPSA) is 103 Å². The van der Waals surface area contributed by atoms with Crippen LogP contribution in [0.25, 0.3) is 0 Å². The molecule has 0 radical (unpaired) electrons. The lowest BCUT2D eigenvalue weighted by atomic mass is 9.88. The number of nitrogens with one attached hydrogen (secondary N) is 1. The highest BCUT2D eigenvalue weighted by molar-refractivity contribution is 5.97. The highest BCUT2D eigenvalue weighted by atomic mass is 16.6. The molecule has 3 atom stereocenters. The van der Waals surface area contributed by atoms with Crippen molar-refractivity contribution in [1.29, 1.82) is 0 Å². The van der Waals surface area contributed by atoms with Crippen molar-refractivity contribution in [2.45, 2.75) is 72.4 Å². The van der Waals surface area contributed by atoms with Crippen LogP contribution in [-0.2, 0) is 28.6 Å². The quantitative estimate of drug-likeness (QED) is 0.191. The molecule has 0 aromatic rings. The molecule has 8 heteroatoms. The van der Waals surface area contributed by atoms with Crippen LogP contribution < -0.4 is 5.32 Å². The predicted molar refractivity (Wildman–Crippen MR) is 113 cm³/mol. The minimum absolute atomic E-state index is 0.136. The summed E-state index contributed by atoms with van der Waals surface area (Å²) >= 11 is 0. The van der Waals surface area contributed by atoms with Crippen molar-refractivity contribution >= 4 is 24.6 Å². The largest absolute Gasteiger partial charge is 0.493 e. The Balaban J connectivity index is 2.88. The van der Waals surface area contributed by atoms with Gasteiger partial charge in [0.1, 0.15) is 12.1 Å². The molecule has 0 bridgehead atoms. The molecule has 0 saturated heterocycles. The third-order valence-electron chi connectivity index (χ3n) is 5.43. The molecule has 0 aliphatic heterocycles. The number of rotatable bonds is 10. The van der Waals surface area contributed by atoms with Gasteiger partial charge in [0.25, 0.3) is 5.91 Å². The van der Waals surface area contributed by atoms with Gasteiger partial charge in [-0.2, -0.15) is 0 Å². The number of allylic oxidation sites excluding steroid dienone is 1. The fourth-order valence-corrected chi connectivity index (χ4v) is 3.53.